The Kier molecular flexibility index (Phi) is 3.75. The Morgan fingerprint density at radius 3 is 2.75 bits per heavy atom. The second-order valence-corrected chi connectivity index (χ2v) is 5.09. The van der Waals surface area contributed by atoms with Crippen LogP contribution in [0.4, 0.5) is 0 Å². The van der Waals surface area contributed by atoms with Gasteiger partial charge in [-0.1, -0.05) is 19.8 Å². The van der Waals surface area contributed by atoms with Gasteiger partial charge in [0.1, 0.15) is 23.6 Å². The van der Waals surface area contributed by atoms with Gasteiger partial charge in [-0.15, -0.1) is 6.42 Å². The van der Waals surface area contributed by atoms with Gasteiger partial charge in [0.2, 0.25) is 0 Å². The number of rotatable bonds is 4. The maximum atomic E-state index is 12.0. The van der Waals surface area contributed by atoms with Crippen molar-refractivity contribution in [3.05, 3.63) is 24.0 Å². The van der Waals surface area contributed by atoms with Crippen molar-refractivity contribution in [1.29, 1.82) is 0 Å². The molecule has 1 aliphatic heterocycles. The number of amidine groups is 1. The summed E-state index contributed by atoms with van der Waals surface area (Å²) in [6, 6.07) is 3.50. The smallest absolute Gasteiger partial charge is 0.253 e. The summed E-state index contributed by atoms with van der Waals surface area (Å²) in [5.74, 6) is 3.48. The highest BCUT2D eigenvalue weighted by Gasteiger charge is 2.42. The fourth-order valence-corrected chi connectivity index (χ4v) is 1.79. The first kappa shape index (κ1) is 14.1. The van der Waals surface area contributed by atoms with Crippen LogP contribution in [0.25, 0.3) is 0 Å². The second kappa shape index (κ2) is 5.33. The maximum Gasteiger partial charge on any atom is 0.253 e. The van der Waals surface area contributed by atoms with E-state index in [0.29, 0.717) is 17.3 Å². The predicted octanol–water partition coefficient (Wildman–Crippen LogP) is 1.38. The quantitative estimate of drug-likeness (QED) is 0.842. The molecule has 5 nitrogen and oxygen atoms in total. The monoisotopic (exact) mass is 271 g/mol. The lowest BCUT2D eigenvalue weighted by molar-refractivity contribution is -0.124. The van der Waals surface area contributed by atoms with E-state index in [2.05, 4.69) is 21.2 Å². The molecule has 1 atom stereocenters. The van der Waals surface area contributed by atoms with Gasteiger partial charge in [-0.3, -0.25) is 4.79 Å². The van der Waals surface area contributed by atoms with E-state index in [9.17, 15) is 4.79 Å². The first-order valence-corrected chi connectivity index (χ1v) is 6.41. The lowest BCUT2D eigenvalue weighted by Crippen LogP contribution is -2.41. The van der Waals surface area contributed by atoms with Crippen molar-refractivity contribution in [2.45, 2.75) is 26.3 Å². The lowest BCUT2D eigenvalue weighted by Gasteiger charge is -2.21. The molecule has 1 aromatic heterocycles. The zero-order chi connectivity index (χ0) is 14.8. The Labute approximate surface area is 118 Å². The van der Waals surface area contributed by atoms with E-state index >= 15 is 0 Å². The molecule has 2 rings (SSSR count). The molecule has 0 bridgehead atoms. The van der Waals surface area contributed by atoms with Crippen LogP contribution < -0.4 is 10.1 Å². The SMILES string of the molecule is C#CCOc1ccc(C2=NC(C)(C(C)C)C(=O)N2)nc1. The van der Waals surface area contributed by atoms with E-state index in [1.807, 2.05) is 20.8 Å². The van der Waals surface area contributed by atoms with Crippen molar-refractivity contribution in [2.75, 3.05) is 6.61 Å². The summed E-state index contributed by atoms with van der Waals surface area (Å²) in [5.41, 5.74) is -0.133. The van der Waals surface area contributed by atoms with E-state index < -0.39 is 5.54 Å². The molecule has 104 valence electrons. The number of terminal acetylenes is 1. The molecule has 1 amide bonds. The summed E-state index contributed by atoms with van der Waals surface area (Å²) in [5, 5.41) is 2.78. The molecule has 2 heterocycles. The third kappa shape index (κ3) is 2.50. The summed E-state index contributed by atoms with van der Waals surface area (Å²) in [6.45, 7) is 5.96. The van der Waals surface area contributed by atoms with Crippen LogP contribution in [0.2, 0.25) is 0 Å². The molecular formula is C15H17N3O2. The molecule has 0 aromatic carbocycles. The van der Waals surface area contributed by atoms with Gasteiger partial charge < -0.3 is 10.1 Å². The number of hydrogen-bond acceptors (Lipinski definition) is 4. The third-order valence-corrected chi connectivity index (χ3v) is 3.46. The van der Waals surface area contributed by atoms with Gasteiger partial charge in [0.25, 0.3) is 5.91 Å². The van der Waals surface area contributed by atoms with Crippen LogP contribution in [0.5, 0.6) is 5.75 Å². The number of nitrogens with one attached hydrogen (secondary N) is 1. The number of amides is 1. The average molecular weight is 271 g/mol. The Balaban J connectivity index is 2.21. The van der Waals surface area contributed by atoms with Crippen LogP contribution in [0.15, 0.2) is 23.3 Å². The molecule has 1 N–H and O–H groups in total. The van der Waals surface area contributed by atoms with Crippen LogP contribution in [0, 0.1) is 18.3 Å². The van der Waals surface area contributed by atoms with E-state index in [1.165, 1.54) is 0 Å². The fourth-order valence-electron chi connectivity index (χ4n) is 1.79. The number of carbonyl (C=O) groups excluding carboxylic acids is 1. The van der Waals surface area contributed by atoms with Gasteiger partial charge in [-0.2, -0.15) is 0 Å². The van der Waals surface area contributed by atoms with Crippen LogP contribution >= 0.6 is 0 Å². The first-order valence-electron chi connectivity index (χ1n) is 6.41. The Hall–Kier alpha value is -2.35. The second-order valence-electron chi connectivity index (χ2n) is 5.09. The molecule has 1 aromatic rings. The topological polar surface area (TPSA) is 63.6 Å². The number of ether oxygens (including phenoxy) is 1. The Bertz CT molecular complexity index is 584. The van der Waals surface area contributed by atoms with Crippen molar-refractivity contribution in [1.82, 2.24) is 10.3 Å². The minimum Gasteiger partial charge on any atom is -0.479 e. The van der Waals surface area contributed by atoms with Crippen molar-refractivity contribution >= 4 is 11.7 Å². The average Bonchev–Trinajstić information content (AvgIpc) is 2.74. The van der Waals surface area contributed by atoms with Gasteiger partial charge in [0.15, 0.2) is 5.84 Å². The summed E-state index contributed by atoms with van der Waals surface area (Å²) < 4.78 is 5.25. The largest absolute Gasteiger partial charge is 0.479 e. The number of pyridine rings is 1. The third-order valence-electron chi connectivity index (χ3n) is 3.46. The highest BCUT2D eigenvalue weighted by molar-refractivity contribution is 6.14. The van der Waals surface area contributed by atoms with Crippen LogP contribution in [0.1, 0.15) is 26.5 Å². The summed E-state index contributed by atoms with van der Waals surface area (Å²) in [7, 11) is 0. The fraction of sp³-hybridized carbons (Fsp3) is 0.400. The van der Waals surface area contributed by atoms with Crippen molar-refractivity contribution in [2.24, 2.45) is 10.9 Å². The van der Waals surface area contributed by atoms with E-state index in [1.54, 1.807) is 18.3 Å². The van der Waals surface area contributed by atoms with Gasteiger partial charge >= 0.3 is 0 Å². The van der Waals surface area contributed by atoms with Crippen LogP contribution in [0.3, 0.4) is 0 Å². The standard InChI is InChI=1S/C15H17N3O2/c1-5-8-20-11-6-7-12(16-9-11)13-17-14(19)15(4,18-13)10(2)3/h1,6-7,9-10H,8H2,2-4H3,(H,17,18,19). The van der Waals surface area contributed by atoms with E-state index in [-0.39, 0.29) is 18.4 Å². The molecule has 0 radical (unpaired) electrons. The van der Waals surface area contributed by atoms with Gasteiger partial charge in [-0.05, 0) is 25.0 Å². The van der Waals surface area contributed by atoms with Crippen molar-refractivity contribution < 1.29 is 9.53 Å². The van der Waals surface area contributed by atoms with Crippen molar-refractivity contribution in [3.63, 3.8) is 0 Å². The Morgan fingerprint density at radius 1 is 1.50 bits per heavy atom. The summed E-state index contributed by atoms with van der Waals surface area (Å²) in [4.78, 5) is 20.7. The van der Waals surface area contributed by atoms with Crippen LogP contribution in [-0.2, 0) is 4.79 Å². The van der Waals surface area contributed by atoms with E-state index in [4.69, 9.17) is 11.2 Å². The number of hydrogen-bond donors (Lipinski definition) is 1. The molecule has 1 aliphatic rings. The Morgan fingerprint density at radius 2 is 2.25 bits per heavy atom. The highest BCUT2D eigenvalue weighted by Crippen LogP contribution is 2.26. The molecule has 0 fully saturated rings. The number of nitrogens with zero attached hydrogens (tertiary/aromatic N) is 2. The number of carbonyl (C=O) groups is 1. The molecule has 0 spiro atoms. The van der Waals surface area contributed by atoms with Gasteiger partial charge in [-0.25, -0.2) is 9.98 Å². The molecule has 0 aliphatic carbocycles. The minimum absolute atomic E-state index is 0.100. The summed E-state index contributed by atoms with van der Waals surface area (Å²) >= 11 is 0. The molecule has 20 heavy (non-hydrogen) atoms. The molecule has 0 saturated heterocycles. The lowest BCUT2D eigenvalue weighted by atomic mass is 9.89. The van der Waals surface area contributed by atoms with Crippen molar-refractivity contribution in [3.8, 4) is 18.1 Å². The molecular weight excluding hydrogens is 254 g/mol. The van der Waals surface area contributed by atoms with Gasteiger partial charge in [0, 0.05) is 0 Å². The molecule has 0 saturated carbocycles. The maximum absolute atomic E-state index is 12.0. The molecule has 1 unspecified atom stereocenters. The van der Waals surface area contributed by atoms with Gasteiger partial charge in [0.05, 0.1) is 6.20 Å². The predicted molar refractivity (Wildman–Crippen MR) is 76.5 cm³/mol. The summed E-state index contributed by atoms with van der Waals surface area (Å²) in [6.07, 6.45) is 6.68. The van der Waals surface area contributed by atoms with E-state index in [0.717, 1.165) is 0 Å². The zero-order valence-electron chi connectivity index (χ0n) is 11.8. The zero-order valence-corrected chi connectivity index (χ0v) is 11.8. The molecule has 5 heteroatoms. The normalized spacial score (nSPS) is 21.4. The van der Waals surface area contributed by atoms with Crippen LogP contribution in [-0.4, -0.2) is 28.9 Å². The minimum atomic E-state index is -0.740. The first-order chi connectivity index (χ1) is 9.47. The number of aliphatic imine (C=N–C) groups is 1. The highest BCUT2D eigenvalue weighted by atomic mass is 16.5. The number of aromatic nitrogens is 1.